The van der Waals surface area contributed by atoms with Crippen molar-refractivity contribution in [3.05, 3.63) is 71.8 Å². The first-order valence-corrected chi connectivity index (χ1v) is 46.0. The fourth-order valence-corrected chi connectivity index (χ4v) is 13.2. The van der Waals surface area contributed by atoms with Crippen molar-refractivity contribution < 1.29 is 109 Å². The minimum Gasteiger partial charge on any atom is -0.379 e. The van der Waals surface area contributed by atoms with E-state index < -0.39 is 0 Å². The summed E-state index contributed by atoms with van der Waals surface area (Å²) < 4.78 is 130. The number of ether oxygens (including phenoxy) is 23. The van der Waals surface area contributed by atoms with Gasteiger partial charge in [0.1, 0.15) is 0 Å². The molecule has 9 saturated heterocycles. The number of hydrogen-bond acceptors (Lipinski definition) is 34. The number of nitrogens with zero attached hydrogens (tertiary/aromatic N) is 8. The predicted octanol–water partition coefficient (Wildman–Crippen LogP) is 1.01. The van der Waals surface area contributed by atoms with Crippen LogP contribution in [0.15, 0.2) is 60.7 Å². The predicted molar refractivity (Wildman–Crippen MR) is 470 cm³/mol. The molecule has 710 valence electrons. The van der Waals surface area contributed by atoms with Crippen LogP contribution in [0, 0.1) is 0 Å². The first kappa shape index (κ1) is 108. The van der Waals surface area contributed by atoms with Gasteiger partial charge in [-0.15, -0.1) is 0 Å². The van der Waals surface area contributed by atoms with Crippen LogP contribution in [-0.4, -0.2) is 526 Å². The van der Waals surface area contributed by atoms with Crippen molar-refractivity contribution >= 4 is 0 Å². The fourth-order valence-electron chi connectivity index (χ4n) is 13.2. The lowest BCUT2D eigenvalue weighted by Gasteiger charge is -2.24. The first-order chi connectivity index (χ1) is 60.7. The molecule has 0 saturated carbocycles. The van der Waals surface area contributed by atoms with Crippen LogP contribution in [-0.2, 0) is 122 Å². The fraction of sp³-hybridized carbons (Fsp3) is 0.864. The zero-order valence-corrected chi connectivity index (χ0v) is 75.0. The third-order valence-corrected chi connectivity index (χ3v) is 20.5. The van der Waals surface area contributed by atoms with Gasteiger partial charge in [-0.3, -0.25) is 39.2 Å². The topological polar surface area (TPSA) is 274 Å². The molecule has 2 aromatic rings. The van der Waals surface area contributed by atoms with Crippen LogP contribution in [0.1, 0.15) is 11.1 Å². The normalized spacial score (nSPS) is 27.0. The van der Waals surface area contributed by atoms with Gasteiger partial charge in [0.25, 0.3) is 0 Å². The Labute approximate surface area is 733 Å². The summed E-state index contributed by atoms with van der Waals surface area (Å²) >= 11 is 0. The monoisotopic (exact) mass is 1740 g/mol. The summed E-state index contributed by atoms with van der Waals surface area (Å²) in [5, 5.41) is 10.0. The lowest BCUT2D eigenvalue weighted by molar-refractivity contribution is -0.0103. The molecule has 2 aromatic carbocycles. The molecule has 9 heterocycles. The average molecular weight is 1750 g/mol. The van der Waals surface area contributed by atoms with Crippen LogP contribution in [0.3, 0.4) is 0 Å². The van der Waals surface area contributed by atoms with Gasteiger partial charge in [0, 0.05) is 196 Å². The van der Waals surface area contributed by atoms with Crippen LogP contribution in [0.2, 0.25) is 0 Å². The van der Waals surface area contributed by atoms with Crippen LogP contribution < -0.4 is 16.0 Å². The largest absolute Gasteiger partial charge is 0.379 e. The molecule has 9 aliphatic heterocycles. The summed E-state index contributed by atoms with van der Waals surface area (Å²) in [6.07, 6.45) is 0. The van der Waals surface area contributed by atoms with Crippen molar-refractivity contribution in [1.29, 1.82) is 0 Å². The molecule has 0 aliphatic carbocycles. The third kappa shape index (κ3) is 66.5. The molecule has 34 nitrogen and oxygen atoms in total. The van der Waals surface area contributed by atoms with Crippen molar-refractivity contribution in [3.63, 3.8) is 0 Å². The Balaban J connectivity index is 0.000000239. The maximum absolute atomic E-state index is 5.83. The average Bonchev–Trinajstić information content (AvgIpc) is 0.940. The first-order valence-electron chi connectivity index (χ1n) is 46.0. The van der Waals surface area contributed by atoms with Crippen molar-refractivity contribution in [3.8, 4) is 0 Å². The highest BCUT2D eigenvalue weighted by atomic mass is 16.6. The maximum Gasteiger partial charge on any atom is 0.0701 e. The van der Waals surface area contributed by atoms with Gasteiger partial charge in [-0.25, -0.2) is 0 Å². The molecule has 9 fully saturated rings. The van der Waals surface area contributed by atoms with Crippen LogP contribution >= 0.6 is 0 Å². The minimum atomic E-state index is 0.622. The van der Waals surface area contributed by atoms with E-state index in [1.807, 2.05) is 0 Å². The van der Waals surface area contributed by atoms with Crippen LogP contribution in [0.5, 0.6) is 0 Å². The second-order valence-corrected chi connectivity index (χ2v) is 29.9. The van der Waals surface area contributed by atoms with E-state index in [4.69, 9.17) is 109 Å². The summed E-state index contributed by atoms with van der Waals surface area (Å²) in [5.74, 6) is 0. The molecule has 9 aliphatic rings. The number of benzene rings is 2. The molecular formula is C88H165N11O23. The van der Waals surface area contributed by atoms with Crippen molar-refractivity contribution in [2.45, 2.75) is 13.1 Å². The Hall–Kier alpha value is -2.92. The summed E-state index contributed by atoms with van der Waals surface area (Å²) in [6.45, 7) is 58.5. The Morgan fingerprint density at radius 2 is 0.287 bits per heavy atom. The molecular weight excluding hydrogens is 1580 g/mol. The molecule has 0 radical (unpaired) electrons. The van der Waals surface area contributed by atoms with Gasteiger partial charge in [0.05, 0.1) is 304 Å². The van der Waals surface area contributed by atoms with Crippen molar-refractivity contribution in [2.75, 3.05) is 487 Å². The highest BCUT2D eigenvalue weighted by molar-refractivity contribution is 5.15. The molecule has 0 unspecified atom stereocenters. The highest BCUT2D eigenvalue weighted by Crippen LogP contribution is 2.08. The van der Waals surface area contributed by atoms with Gasteiger partial charge in [-0.1, -0.05) is 60.7 Å². The van der Waals surface area contributed by atoms with Gasteiger partial charge in [0.2, 0.25) is 0 Å². The van der Waals surface area contributed by atoms with Gasteiger partial charge in [0.15, 0.2) is 0 Å². The zero-order chi connectivity index (χ0) is 85.0. The lowest BCUT2D eigenvalue weighted by Crippen LogP contribution is -2.40. The zero-order valence-electron chi connectivity index (χ0n) is 75.0. The van der Waals surface area contributed by atoms with Gasteiger partial charge < -0.3 is 125 Å². The Kier molecular flexibility index (Phi) is 74.0. The third-order valence-electron chi connectivity index (χ3n) is 20.5. The van der Waals surface area contributed by atoms with Gasteiger partial charge in [-0.05, 0) is 11.1 Å². The van der Waals surface area contributed by atoms with E-state index in [0.717, 1.165) is 262 Å². The maximum atomic E-state index is 5.83. The molecule has 34 heteroatoms. The number of nitrogens with one attached hydrogen (secondary N) is 3. The second kappa shape index (κ2) is 83.7. The lowest BCUT2D eigenvalue weighted by atomic mass is 10.2. The summed E-state index contributed by atoms with van der Waals surface area (Å²) in [5.41, 5.74) is 2.61. The van der Waals surface area contributed by atoms with E-state index >= 15 is 0 Å². The Bertz CT molecular complexity index is 2100. The Morgan fingerprint density at radius 3 is 0.467 bits per heavy atom. The smallest absolute Gasteiger partial charge is 0.0701 e. The molecule has 6 bridgehead atoms. The highest BCUT2D eigenvalue weighted by Gasteiger charge is 2.16. The molecule has 0 spiro atoms. The van der Waals surface area contributed by atoms with Crippen molar-refractivity contribution in [2.24, 2.45) is 0 Å². The molecule has 0 atom stereocenters. The quantitative estimate of drug-likeness (QED) is 0.361. The number of rotatable bonds is 4. The summed E-state index contributed by atoms with van der Waals surface area (Å²) in [7, 11) is 0. The number of fused-ring (bicyclic) bond motifs is 33. The van der Waals surface area contributed by atoms with Crippen LogP contribution in [0.4, 0.5) is 0 Å². The molecule has 11 rings (SSSR count). The van der Waals surface area contributed by atoms with E-state index in [1.54, 1.807) is 0 Å². The molecule has 3 N–H and O–H groups in total. The van der Waals surface area contributed by atoms with E-state index in [2.05, 4.69) is 116 Å². The van der Waals surface area contributed by atoms with Gasteiger partial charge in [-0.2, -0.15) is 0 Å². The van der Waals surface area contributed by atoms with Crippen LogP contribution in [0.25, 0.3) is 0 Å². The molecule has 0 amide bonds. The molecule has 122 heavy (non-hydrogen) atoms. The standard InChI is InChI=1S/C26H38N2O4.C18H36N2O6.C16H33N3O4.C16H32N2O5.C12H26N2O4/c1-3-7-25(8-4-1)23-27-11-15-29-19-21-31-17-13-28(24-26-9-5-2-6-10-26)14-18-32-22-20-30-16-12-27;1-7-21-13-14-24-10-4-20-5-11-25-17-15-22-8-2-19(1)3-9-23-16-18-26-12-6-20;1-3-18-5-9-20-13-15-22-11-7-19(4-2-17-1)8-12-23-16-14-21-10-6-18;1-7-19-8-2-18-5-11-22-15-13-20-9-3-17(1)4-10-21-14-16-23-12-6-18;1-5-15-9-10-17-7-3-14-4-8-18-12-11-16-6-2-13-1/h1-10H,11-24H2;1-18H2;17H,1-16H2;1-16H2;13-14H,1-12H2. The Morgan fingerprint density at radius 1 is 0.148 bits per heavy atom. The minimum absolute atomic E-state index is 0.622. The van der Waals surface area contributed by atoms with E-state index in [9.17, 15) is 0 Å². The summed E-state index contributed by atoms with van der Waals surface area (Å²) in [6, 6.07) is 21.1. The van der Waals surface area contributed by atoms with E-state index in [0.29, 0.717) is 238 Å². The molecule has 0 aromatic heterocycles. The number of hydrogen-bond donors (Lipinski definition) is 3. The SMILES string of the molecule is C1CN2CCOCCOCCN(CCN1)CCOCCOCC2.C1COCCN2CCOCCOCCN(CCO1)CCOCC2.C1COCCN2CCOCCOCCN(CCO1)CCOCCOCC2.C1COCCOCCNCCOCCOCCN1.c1ccc(CN2CCOCCOCCN(Cc3ccccc3)CCOCCOCC2)cc1. The second-order valence-electron chi connectivity index (χ2n) is 29.9. The summed E-state index contributed by atoms with van der Waals surface area (Å²) in [4.78, 5) is 18.8. The van der Waals surface area contributed by atoms with E-state index in [-0.39, 0.29) is 0 Å². The van der Waals surface area contributed by atoms with Gasteiger partial charge >= 0.3 is 0 Å². The van der Waals surface area contributed by atoms with Crippen molar-refractivity contribution in [1.82, 2.24) is 55.1 Å². The van der Waals surface area contributed by atoms with E-state index in [1.165, 1.54) is 11.1 Å².